The van der Waals surface area contributed by atoms with Crippen molar-refractivity contribution in [2.24, 2.45) is 0 Å². The summed E-state index contributed by atoms with van der Waals surface area (Å²) < 4.78 is 0. The topological polar surface area (TPSA) is 83.1 Å². The van der Waals surface area contributed by atoms with Crippen molar-refractivity contribution in [1.29, 1.82) is 0 Å². The minimum absolute atomic E-state index is 0.209. The van der Waals surface area contributed by atoms with Crippen LogP contribution in [0, 0.1) is 6.92 Å². The maximum atomic E-state index is 11.8. The van der Waals surface area contributed by atoms with Crippen molar-refractivity contribution >= 4 is 57.3 Å². The molecule has 0 atom stereocenters. The summed E-state index contributed by atoms with van der Waals surface area (Å²) in [5.74, 6) is -0.422. The first-order valence-corrected chi connectivity index (χ1v) is 7.79. The van der Waals surface area contributed by atoms with E-state index in [1.165, 1.54) is 17.4 Å². The van der Waals surface area contributed by atoms with Crippen molar-refractivity contribution < 1.29 is 9.59 Å². The van der Waals surface area contributed by atoms with Gasteiger partial charge in [-0.05, 0) is 25.1 Å². The summed E-state index contributed by atoms with van der Waals surface area (Å²) in [6.45, 7) is 1.61. The number of rotatable bonds is 4. The van der Waals surface area contributed by atoms with E-state index >= 15 is 0 Å². The lowest BCUT2D eigenvalue weighted by Crippen LogP contribution is -2.35. The normalized spacial score (nSPS) is 10.1. The van der Waals surface area contributed by atoms with E-state index in [-0.39, 0.29) is 6.54 Å². The molecular weight excluding hydrogens is 347 g/mol. The third-order valence-corrected chi connectivity index (χ3v) is 3.89. The Bertz CT molecular complexity index is 705. The molecule has 0 fully saturated rings. The summed E-state index contributed by atoms with van der Waals surface area (Å²) in [7, 11) is 0. The Morgan fingerprint density at radius 3 is 2.73 bits per heavy atom. The molecule has 0 aliphatic carbocycles. The highest BCUT2D eigenvalue weighted by Crippen LogP contribution is 2.25. The molecule has 116 valence electrons. The van der Waals surface area contributed by atoms with E-state index in [2.05, 4.69) is 20.9 Å². The second kappa shape index (κ2) is 7.44. The van der Waals surface area contributed by atoms with E-state index in [0.717, 1.165) is 5.69 Å². The average molecular weight is 359 g/mol. The lowest BCUT2D eigenvalue weighted by molar-refractivity contribution is -0.115. The van der Waals surface area contributed by atoms with Gasteiger partial charge in [-0.1, -0.05) is 23.2 Å². The number of amides is 3. The predicted octanol–water partition coefficient (Wildman–Crippen LogP) is 3.52. The van der Waals surface area contributed by atoms with Crippen LogP contribution in [-0.4, -0.2) is 23.5 Å². The van der Waals surface area contributed by atoms with Crippen LogP contribution in [0.15, 0.2) is 23.6 Å². The largest absolute Gasteiger partial charge is 0.329 e. The van der Waals surface area contributed by atoms with E-state index in [0.29, 0.717) is 20.9 Å². The second-order valence-electron chi connectivity index (χ2n) is 4.27. The maximum Gasteiger partial charge on any atom is 0.321 e. The molecule has 1 aromatic heterocycles. The van der Waals surface area contributed by atoms with Gasteiger partial charge in [0, 0.05) is 10.4 Å². The van der Waals surface area contributed by atoms with Crippen LogP contribution in [0.5, 0.6) is 0 Å². The van der Waals surface area contributed by atoms with Crippen molar-refractivity contribution in [3.8, 4) is 0 Å². The van der Waals surface area contributed by atoms with Crippen LogP contribution in [0.4, 0.5) is 15.6 Å². The van der Waals surface area contributed by atoms with E-state index in [1.807, 2.05) is 12.3 Å². The number of aryl methyl sites for hydroxylation is 1. The van der Waals surface area contributed by atoms with Crippen molar-refractivity contribution in [3.05, 3.63) is 39.3 Å². The molecule has 22 heavy (non-hydrogen) atoms. The molecule has 0 aliphatic heterocycles. The number of benzene rings is 1. The summed E-state index contributed by atoms with van der Waals surface area (Å²) >= 11 is 13.1. The summed E-state index contributed by atoms with van der Waals surface area (Å²) in [5.41, 5.74) is 1.20. The van der Waals surface area contributed by atoms with E-state index < -0.39 is 11.9 Å². The van der Waals surface area contributed by atoms with E-state index in [9.17, 15) is 9.59 Å². The Kier molecular flexibility index (Phi) is 5.59. The van der Waals surface area contributed by atoms with Gasteiger partial charge in [-0.25, -0.2) is 9.78 Å². The number of aromatic nitrogens is 1. The van der Waals surface area contributed by atoms with Gasteiger partial charge in [0.25, 0.3) is 0 Å². The van der Waals surface area contributed by atoms with Gasteiger partial charge in [-0.15, -0.1) is 11.3 Å². The molecular formula is C13H12Cl2N4O2S. The molecule has 0 saturated heterocycles. The number of hydrogen-bond donors (Lipinski definition) is 3. The highest BCUT2D eigenvalue weighted by Gasteiger charge is 2.09. The van der Waals surface area contributed by atoms with Gasteiger partial charge in [0.15, 0.2) is 5.13 Å². The smallest absolute Gasteiger partial charge is 0.321 e. The van der Waals surface area contributed by atoms with Gasteiger partial charge in [0.05, 0.1) is 22.9 Å². The molecule has 0 unspecified atom stereocenters. The summed E-state index contributed by atoms with van der Waals surface area (Å²) in [5, 5.41) is 10.6. The van der Waals surface area contributed by atoms with E-state index in [1.54, 1.807) is 12.1 Å². The van der Waals surface area contributed by atoms with Crippen LogP contribution in [0.2, 0.25) is 10.0 Å². The van der Waals surface area contributed by atoms with E-state index in [4.69, 9.17) is 23.2 Å². The Hall–Kier alpha value is -1.83. The SMILES string of the molecule is Cc1csc(NC(=O)NCC(=O)Nc2cc(Cl)ccc2Cl)n1. The zero-order chi connectivity index (χ0) is 16.1. The van der Waals surface area contributed by atoms with Crippen LogP contribution in [0.1, 0.15) is 5.69 Å². The number of carbonyl (C=O) groups excluding carboxylic acids is 2. The number of anilines is 2. The number of halogens is 2. The number of nitrogens with one attached hydrogen (secondary N) is 3. The van der Waals surface area contributed by atoms with Crippen LogP contribution < -0.4 is 16.0 Å². The standard InChI is InChI=1S/C13H12Cl2N4O2S/c1-7-6-22-13(17-7)19-12(21)16-5-11(20)18-10-4-8(14)2-3-9(10)15/h2-4,6H,5H2,1H3,(H,18,20)(H2,16,17,19,21). The molecule has 0 spiro atoms. The summed E-state index contributed by atoms with van der Waals surface area (Å²) in [6.07, 6.45) is 0. The van der Waals surface area contributed by atoms with Gasteiger partial charge < -0.3 is 10.6 Å². The van der Waals surface area contributed by atoms with Crippen molar-refractivity contribution in [2.45, 2.75) is 6.92 Å². The first kappa shape index (κ1) is 16.5. The zero-order valence-electron chi connectivity index (χ0n) is 11.4. The summed E-state index contributed by atoms with van der Waals surface area (Å²) in [4.78, 5) is 27.5. The van der Waals surface area contributed by atoms with Gasteiger partial charge >= 0.3 is 6.03 Å². The van der Waals surface area contributed by atoms with Gasteiger partial charge in [0.1, 0.15) is 0 Å². The quantitative estimate of drug-likeness (QED) is 0.781. The van der Waals surface area contributed by atoms with Gasteiger partial charge in [0.2, 0.25) is 5.91 Å². The minimum atomic E-state index is -0.512. The average Bonchev–Trinajstić information content (AvgIpc) is 2.86. The molecule has 0 radical (unpaired) electrons. The zero-order valence-corrected chi connectivity index (χ0v) is 13.8. The van der Waals surface area contributed by atoms with Crippen LogP contribution in [0.3, 0.4) is 0 Å². The Morgan fingerprint density at radius 1 is 1.27 bits per heavy atom. The number of thiazole rings is 1. The number of nitrogens with zero attached hydrogens (tertiary/aromatic N) is 1. The number of hydrogen-bond acceptors (Lipinski definition) is 4. The fraction of sp³-hybridized carbons (Fsp3) is 0.154. The highest BCUT2D eigenvalue weighted by atomic mass is 35.5. The molecule has 6 nitrogen and oxygen atoms in total. The van der Waals surface area contributed by atoms with Crippen LogP contribution >= 0.6 is 34.5 Å². The Labute approximate surface area is 140 Å². The van der Waals surface area contributed by atoms with Gasteiger partial charge in [-0.3, -0.25) is 10.1 Å². The monoisotopic (exact) mass is 358 g/mol. The molecule has 0 aliphatic rings. The minimum Gasteiger partial charge on any atom is -0.329 e. The summed E-state index contributed by atoms with van der Waals surface area (Å²) in [6, 6.07) is 4.20. The molecule has 3 N–H and O–H groups in total. The third kappa shape index (κ3) is 4.87. The molecule has 9 heteroatoms. The molecule has 2 aromatic rings. The molecule has 2 rings (SSSR count). The Morgan fingerprint density at radius 2 is 2.05 bits per heavy atom. The maximum absolute atomic E-state index is 11.8. The molecule has 0 saturated carbocycles. The number of urea groups is 1. The molecule has 1 heterocycles. The fourth-order valence-corrected chi connectivity index (χ4v) is 2.52. The molecule has 1 aromatic carbocycles. The lowest BCUT2D eigenvalue weighted by Gasteiger charge is -2.08. The first-order valence-electron chi connectivity index (χ1n) is 6.16. The fourth-order valence-electron chi connectivity index (χ4n) is 1.50. The Balaban J connectivity index is 1.82. The van der Waals surface area contributed by atoms with Crippen LogP contribution in [0.25, 0.3) is 0 Å². The third-order valence-electron chi connectivity index (χ3n) is 2.45. The number of carbonyl (C=O) groups is 2. The van der Waals surface area contributed by atoms with Crippen molar-refractivity contribution in [2.75, 3.05) is 17.2 Å². The predicted molar refractivity (Wildman–Crippen MR) is 89.0 cm³/mol. The molecule has 0 bridgehead atoms. The highest BCUT2D eigenvalue weighted by molar-refractivity contribution is 7.13. The lowest BCUT2D eigenvalue weighted by atomic mass is 10.3. The van der Waals surface area contributed by atoms with Crippen molar-refractivity contribution in [1.82, 2.24) is 10.3 Å². The second-order valence-corrected chi connectivity index (χ2v) is 5.98. The first-order chi connectivity index (χ1) is 10.4. The van der Waals surface area contributed by atoms with Gasteiger partial charge in [-0.2, -0.15) is 0 Å². The van der Waals surface area contributed by atoms with Crippen LogP contribution in [-0.2, 0) is 4.79 Å². The van der Waals surface area contributed by atoms with Crippen molar-refractivity contribution in [3.63, 3.8) is 0 Å². The molecule has 3 amide bonds.